The molecule has 0 saturated carbocycles. The molecular weight excluding hydrogens is 363 g/mol. The van der Waals surface area contributed by atoms with E-state index in [1.807, 2.05) is 6.07 Å². The number of halogens is 3. The van der Waals surface area contributed by atoms with Crippen molar-refractivity contribution in [3.63, 3.8) is 0 Å². The number of hydrogen-bond donors (Lipinski definition) is 1. The van der Waals surface area contributed by atoms with Crippen LogP contribution in [0.2, 0.25) is 10.0 Å². The van der Waals surface area contributed by atoms with E-state index < -0.39 is 5.91 Å². The molecule has 20 heavy (non-hydrogen) atoms. The molecule has 0 spiro atoms. The zero-order chi connectivity index (χ0) is 14.7. The molecule has 1 N–H and O–H groups in total. The minimum Gasteiger partial charge on any atom is -0.321 e. The number of nitrogens with zero attached hydrogens (tertiary/aromatic N) is 1. The van der Waals surface area contributed by atoms with E-state index in [1.54, 1.807) is 30.3 Å². The highest BCUT2D eigenvalue weighted by Gasteiger charge is 2.13. The smallest absolute Gasteiger partial charge is 0.257 e. The second-order valence-electron chi connectivity index (χ2n) is 3.88. The van der Waals surface area contributed by atoms with Crippen LogP contribution in [0, 0.1) is 11.3 Å². The summed E-state index contributed by atoms with van der Waals surface area (Å²) in [7, 11) is 0. The van der Waals surface area contributed by atoms with Gasteiger partial charge in [-0.05, 0) is 36.4 Å². The van der Waals surface area contributed by atoms with Gasteiger partial charge in [-0.25, -0.2) is 0 Å². The fourth-order valence-corrected chi connectivity index (χ4v) is 2.32. The molecule has 0 radical (unpaired) electrons. The molecule has 0 heterocycles. The van der Waals surface area contributed by atoms with Gasteiger partial charge in [-0.1, -0.05) is 39.1 Å². The summed E-state index contributed by atoms with van der Waals surface area (Å²) in [6, 6.07) is 11.6. The fraction of sp³-hybridized carbons (Fsp3) is 0. The van der Waals surface area contributed by atoms with Crippen molar-refractivity contribution in [3.05, 3.63) is 62.0 Å². The Morgan fingerprint density at radius 3 is 2.65 bits per heavy atom. The first kappa shape index (κ1) is 14.9. The first-order valence-electron chi connectivity index (χ1n) is 5.47. The minimum absolute atomic E-state index is 0.310. The van der Waals surface area contributed by atoms with Gasteiger partial charge in [0.05, 0.1) is 21.8 Å². The largest absolute Gasteiger partial charge is 0.321 e. The van der Waals surface area contributed by atoms with Gasteiger partial charge < -0.3 is 5.32 Å². The Balaban J connectivity index is 2.35. The third-order valence-corrected chi connectivity index (χ3v) is 3.58. The predicted molar refractivity (Wildman–Crippen MR) is 83.3 cm³/mol. The fourth-order valence-electron chi connectivity index (χ4n) is 1.58. The molecule has 0 saturated heterocycles. The van der Waals surface area contributed by atoms with Crippen LogP contribution in [0.15, 0.2) is 40.9 Å². The van der Waals surface area contributed by atoms with Crippen molar-refractivity contribution in [1.29, 1.82) is 5.26 Å². The lowest BCUT2D eigenvalue weighted by Crippen LogP contribution is -2.13. The summed E-state index contributed by atoms with van der Waals surface area (Å²) >= 11 is 15.1. The van der Waals surface area contributed by atoms with Crippen molar-refractivity contribution in [1.82, 2.24) is 0 Å². The average molecular weight is 370 g/mol. The molecule has 0 unspecified atom stereocenters. The summed E-state index contributed by atoms with van der Waals surface area (Å²) in [6.45, 7) is 0. The SMILES string of the molecule is N#Cc1ccc(Cl)cc1NC(=O)c1cc(Br)ccc1Cl. The Labute approximate surface area is 134 Å². The van der Waals surface area contributed by atoms with Crippen LogP contribution in [0.1, 0.15) is 15.9 Å². The number of anilines is 1. The van der Waals surface area contributed by atoms with E-state index >= 15 is 0 Å². The van der Waals surface area contributed by atoms with Crippen LogP contribution in [0.4, 0.5) is 5.69 Å². The van der Waals surface area contributed by atoms with E-state index in [0.717, 1.165) is 4.47 Å². The van der Waals surface area contributed by atoms with Gasteiger partial charge >= 0.3 is 0 Å². The topological polar surface area (TPSA) is 52.9 Å². The highest BCUT2D eigenvalue weighted by molar-refractivity contribution is 9.10. The molecule has 0 atom stereocenters. The Hall–Kier alpha value is -1.54. The number of benzene rings is 2. The third-order valence-electron chi connectivity index (χ3n) is 2.52. The number of hydrogen-bond acceptors (Lipinski definition) is 2. The van der Waals surface area contributed by atoms with Crippen LogP contribution in [0.3, 0.4) is 0 Å². The lowest BCUT2D eigenvalue weighted by Gasteiger charge is -2.09. The van der Waals surface area contributed by atoms with Gasteiger partial charge in [0.1, 0.15) is 6.07 Å². The molecule has 2 aromatic carbocycles. The second kappa shape index (κ2) is 6.27. The molecule has 0 aromatic heterocycles. The molecule has 0 aliphatic carbocycles. The second-order valence-corrected chi connectivity index (χ2v) is 5.64. The van der Waals surface area contributed by atoms with Crippen LogP contribution < -0.4 is 5.32 Å². The number of rotatable bonds is 2. The van der Waals surface area contributed by atoms with Crippen molar-refractivity contribution in [2.45, 2.75) is 0 Å². The van der Waals surface area contributed by atoms with E-state index in [9.17, 15) is 4.79 Å². The molecule has 100 valence electrons. The molecule has 6 heteroatoms. The van der Waals surface area contributed by atoms with E-state index in [-0.39, 0.29) is 0 Å². The van der Waals surface area contributed by atoms with Crippen LogP contribution >= 0.6 is 39.1 Å². The van der Waals surface area contributed by atoms with Crippen molar-refractivity contribution in [2.75, 3.05) is 5.32 Å². The number of nitriles is 1. The van der Waals surface area contributed by atoms with Gasteiger partial charge in [0, 0.05) is 9.50 Å². The predicted octanol–water partition coefficient (Wildman–Crippen LogP) is 4.88. The lowest BCUT2D eigenvalue weighted by molar-refractivity contribution is 0.102. The maximum absolute atomic E-state index is 12.2. The van der Waals surface area contributed by atoms with Crippen molar-refractivity contribution in [2.24, 2.45) is 0 Å². The summed E-state index contributed by atoms with van der Waals surface area (Å²) in [5.74, 6) is -0.407. The number of carbonyl (C=O) groups is 1. The summed E-state index contributed by atoms with van der Waals surface area (Å²) in [6.07, 6.45) is 0. The number of amides is 1. The Kier molecular flexibility index (Phi) is 4.66. The highest BCUT2D eigenvalue weighted by atomic mass is 79.9. The number of carbonyl (C=O) groups excluding carboxylic acids is 1. The zero-order valence-corrected chi connectivity index (χ0v) is 13.1. The molecule has 0 aliphatic rings. The molecule has 2 rings (SSSR count). The standard InChI is InChI=1S/C14H7BrCl2N2O/c15-9-2-4-12(17)11(5-9)14(20)19-13-6-10(16)3-1-8(13)7-18/h1-6H,(H,19,20). The van der Waals surface area contributed by atoms with Crippen LogP contribution in [-0.4, -0.2) is 5.91 Å². The van der Waals surface area contributed by atoms with Gasteiger partial charge in [-0.15, -0.1) is 0 Å². The van der Waals surface area contributed by atoms with Crippen LogP contribution in [-0.2, 0) is 0 Å². The van der Waals surface area contributed by atoms with Crippen molar-refractivity contribution < 1.29 is 4.79 Å². The Morgan fingerprint density at radius 2 is 1.95 bits per heavy atom. The summed E-state index contributed by atoms with van der Waals surface area (Å²) in [4.78, 5) is 12.2. The molecule has 0 aliphatic heterocycles. The van der Waals surface area contributed by atoms with Gasteiger partial charge in [-0.2, -0.15) is 5.26 Å². The average Bonchev–Trinajstić information content (AvgIpc) is 2.41. The molecule has 2 aromatic rings. The van der Waals surface area contributed by atoms with Crippen molar-refractivity contribution in [3.8, 4) is 6.07 Å². The maximum Gasteiger partial charge on any atom is 0.257 e. The summed E-state index contributed by atoms with van der Waals surface area (Å²) in [5.41, 5.74) is 0.986. The minimum atomic E-state index is -0.407. The van der Waals surface area contributed by atoms with E-state index in [4.69, 9.17) is 28.5 Å². The zero-order valence-electron chi connectivity index (χ0n) is 9.95. The lowest BCUT2D eigenvalue weighted by atomic mass is 10.1. The molecule has 3 nitrogen and oxygen atoms in total. The van der Waals surface area contributed by atoms with Crippen LogP contribution in [0.5, 0.6) is 0 Å². The Bertz CT molecular complexity index is 726. The number of nitrogens with one attached hydrogen (secondary N) is 1. The summed E-state index contributed by atoms with van der Waals surface area (Å²) < 4.78 is 0.735. The van der Waals surface area contributed by atoms with Gasteiger partial charge in [0.15, 0.2) is 0 Å². The van der Waals surface area contributed by atoms with E-state index in [2.05, 4.69) is 21.2 Å². The monoisotopic (exact) mass is 368 g/mol. The van der Waals surface area contributed by atoms with E-state index in [1.165, 1.54) is 6.07 Å². The molecule has 0 fully saturated rings. The summed E-state index contributed by atoms with van der Waals surface area (Å²) in [5, 5.41) is 12.4. The quantitative estimate of drug-likeness (QED) is 0.820. The van der Waals surface area contributed by atoms with Gasteiger partial charge in [-0.3, -0.25) is 4.79 Å². The highest BCUT2D eigenvalue weighted by Crippen LogP contribution is 2.24. The normalized spacial score (nSPS) is 9.90. The van der Waals surface area contributed by atoms with Crippen LogP contribution in [0.25, 0.3) is 0 Å². The van der Waals surface area contributed by atoms with E-state index in [0.29, 0.717) is 26.9 Å². The first-order valence-corrected chi connectivity index (χ1v) is 7.02. The van der Waals surface area contributed by atoms with Crippen molar-refractivity contribution >= 4 is 50.7 Å². The van der Waals surface area contributed by atoms with Gasteiger partial charge in [0.2, 0.25) is 0 Å². The maximum atomic E-state index is 12.2. The Morgan fingerprint density at radius 1 is 1.20 bits per heavy atom. The van der Waals surface area contributed by atoms with Gasteiger partial charge in [0.25, 0.3) is 5.91 Å². The molecular formula is C14H7BrCl2N2O. The molecule has 1 amide bonds. The molecule has 0 bridgehead atoms. The first-order chi connectivity index (χ1) is 9.51. The third kappa shape index (κ3) is 3.31.